The second-order valence-corrected chi connectivity index (χ2v) is 7.03. The predicted octanol–water partition coefficient (Wildman–Crippen LogP) is 3.96. The van der Waals surface area contributed by atoms with Gasteiger partial charge in [0, 0.05) is 18.0 Å². The first-order valence-electron chi connectivity index (χ1n) is 9.56. The van der Waals surface area contributed by atoms with Crippen LogP contribution in [-0.2, 0) is 13.1 Å². The summed E-state index contributed by atoms with van der Waals surface area (Å²) in [4.78, 5) is 23.8. The molecule has 0 spiro atoms. The molecule has 148 valence electrons. The monoisotopic (exact) mass is 399 g/mol. The van der Waals surface area contributed by atoms with E-state index < -0.39 is 5.82 Å². The van der Waals surface area contributed by atoms with Crippen LogP contribution in [0, 0.1) is 5.82 Å². The van der Waals surface area contributed by atoms with E-state index in [0.717, 1.165) is 22.7 Å². The van der Waals surface area contributed by atoms with Gasteiger partial charge in [-0.3, -0.25) is 4.79 Å². The molecule has 5 aromatic rings. The number of halogens is 1. The van der Waals surface area contributed by atoms with E-state index in [1.807, 2.05) is 57.6 Å². The number of carbonyl (C=O) groups excluding carboxylic acids is 1. The quantitative estimate of drug-likeness (QED) is 0.449. The van der Waals surface area contributed by atoms with E-state index in [-0.39, 0.29) is 5.91 Å². The maximum absolute atomic E-state index is 13.8. The lowest BCUT2D eigenvalue weighted by molar-refractivity contribution is 0.0724. The molecule has 0 fully saturated rings. The highest BCUT2D eigenvalue weighted by Crippen LogP contribution is 2.17. The van der Waals surface area contributed by atoms with Crippen LogP contribution in [0.1, 0.15) is 21.7 Å². The fourth-order valence-electron chi connectivity index (χ4n) is 3.60. The van der Waals surface area contributed by atoms with Crippen molar-refractivity contribution in [1.29, 1.82) is 0 Å². The predicted molar refractivity (Wildman–Crippen MR) is 110 cm³/mol. The first-order valence-corrected chi connectivity index (χ1v) is 9.56. The van der Waals surface area contributed by atoms with E-state index in [0.29, 0.717) is 18.7 Å². The number of aromatic nitrogens is 4. The van der Waals surface area contributed by atoms with E-state index in [4.69, 9.17) is 0 Å². The van der Waals surface area contributed by atoms with Gasteiger partial charge in [0.1, 0.15) is 17.1 Å². The van der Waals surface area contributed by atoms with Gasteiger partial charge in [-0.1, -0.05) is 18.2 Å². The number of hydrogen-bond acceptors (Lipinski definition) is 3. The zero-order chi connectivity index (χ0) is 20.5. The lowest BCUT2D eigenvalue weighted by Gasteiger charge is -2.22. The molecule has 0 saturated heterocycles. The molecule has 5 rings (SSSR count). The number of carbonyl (C=O) groups is 1. The summed E-state index contributed by atoms with van der Waals surface area (Å²) in [5.74, 6) is -0.698. The summed E-state index contributed by atoms with van der Waals surface area (Å²) in [5.41, 5.74) is 3.65. The van der Waals surface area contributed by atoms with E-state index in [2.05, 4.69) is 9.97 Å². The van der Waals surface area contributed by atoms with Crippen LogP contribution in [0.2, 0.25) is 0 Å². The number of benzene rings is 1. The molecule has 0 radical (unpaired) electrons. The van der Waals surface area contributed by atoms with Crippen molar-refractivity contribution in [3.05, 3.63) is 108 Å². The fraction of sp³-hybridized carbons (Fsp3) is 0.0870. The molecule has 7 heteroatoms. The Morgan fingerprint density at radius 1 is 0.833 bits per heavy atom. The topological polar surface area (TPSA) is 54.9 Å². The van der Waals surface area contributed by atoms with Gasteiger partial charge in [0.15, 0.2) is 0 Å². The molecule has 0 atom stereocenters. The summed E-state index contributed by atoms with van der Waals surface area (Å²) in [6.45, 7) is 0.640. The minimum absolute atomic E-state index is 0.258. The fourth-order valence-corrected chi connectivity index (χ4v) is 3.60. The third-order valence-corrected chi connectivity index (χ3v) is 5.05. The Morgan fingerprint density at radius 3 is 2.00 bits per heavy atom. The summed E-state index contributed by atoms with van der Waals surface area (Å²) in [6.07, 6.45) is 7.35. The molecule has 4 aromatic heterocycles. The van der Waals surface area contributed by atoms with Gasteiger partial charge in [-0.25, -0.2) is 14.4 Å². The number of fused-ring (bicyclic) bond motifs is 2. The maximum atomic E-state index is 13.8. The number of rotatable bonds is 5. The van der Waals surface area contributed by atoms with Gasteiger partial charge in [0.25, 0.3) is 5.91 Å². The molecule has 0 unspecified atom stereocenters. The number of hydrogen-bond donors (Lipinski definition) is 0. The summed E-state index contributed by atoms with van der Waals surface area (Å²) < 4.78 is 17.7. The Kier molecular flexibility index (Phi) is 4.48. The average Bonchev–Trinajstić information content (AvgIpc) is 3.37. The minimum atomic E-state index is -0.439. The van der Waals surface area contributed by atoms with Crippen molar-refractivity contribution in [2.75, 3.05) is 0 Å². The van der Waals surface area contributed by atoms with Gasteiger partial charge in [-0.05, 0) is 42.5 Å². The van der Waals surface area contributed by atoms with Crippen molar-refractivity contribution in [2.45, 2.75) is 13.1 Å². The minimum Gasteiger partial charge on any atom is -0.327 e. The third kappa shape index (κ3) is 3.30. The second kappa shape index (κ2) is 7.44. The lowest BCUT2D eigenvalue weighted by atomic mass is 10.2. The molecule has 4 heterocycles. The highest BCUT2D eigenvalue weighted by Gasteiger charge is 2.20. The Balaban J connectivity index is 1.53. The van der Waals surface area contributed by atoms with Crippen LogP contribution in [0.5, 0.6) is 0 Å². The zero-order valence-corrected chi connectivity index (χ0v) is 16.0. The summed E-state index contributed by atoms with van der Waals surface area (Å²) in [6, 6.07) is 17.3. The Bertz CT molecular complexity index is 1280. The van der Waals surface area contributed by atoms with Crippen molar-refractivity contribution in [1.82, 2.24) is 23.7 Å². The van der Waals surface area contributed by atoms with Crippen LogP contribution in [0.4, 0.5) is 4.39 Å². The van der Waals surface area contributed by atoms with Gasteiger partial charge >= 0.3 is 0 Å². The number of amides is 1. The first-order chi connectivity index (χ1) is 14.7. The average molecular weight is 399 g/mol. The number of imidazole rings is 2. The summed E-state index contributed by atoms with van der Waals surface area (Å²) >= 11 is 0. The van der Waals surface area contributed by atoms with E-state index in [1.54, 1.807) is 29.4 Å². The summed E-state index contributed by atoms with van der Waals surface area (Å²) in [7, 11) is 0. The van der Waals surface area contributed by atoms with Crippen molar-refractivity contribution in [3.8, 4) is 0 Å². The van der Waals surface area contributed by atoms with Crippen molar-refractivity contribution in [3.63, 3.8) is 0 Å². The molecule has 30 heavy (non-hydrogen) atoms. The lowest BCUT2D eigenvalue weighted by Crippen LogP contribution is -2.31. The SMILES string of the molecule is O=C(c1cccc(F)c1)N(Cc1cnc2ccccn12)Cc1cnc2ccccn12. The maximum Gasteiger partial charge on any atom is 0.254 e. The molecule has 0 N–H and O–H groups in total. The van der Waals surface area contributed by atoms with E-state index >= 15 is 0 Å². The molecular formula is C23H18FN5O. The van der Waals surface area contributed by atoms with Crippen LogP contribution >= 0.6 is 0 Å². The van der Waals surface area contributed by atoms with Gasteiger partial charge in [0.2, 0.25) is 0 Å². The second-order valence-electron chi connectivity index (χ2n) is 7.03. The zero-order valence-electron chi connectivity index (χ0n) is 16.0. The van der Waals surface area contributed by atoms with Crippen LogP contribution in [0.25, 0.3) is 11.3 Å². The Hall–Kier alpha value is -4.00. The highest BCUT2D eigenvalue weighted by atomic mass is 19.1. The number of pyridine rings is 2. The van der Waals surface area contributed by atoms with Gasteiger partial charge in [-0.2, -0.15) is 0 Å². The van der Waals surface area contributed by atoms with Crippen LogP contribution in [0.15, 0.2) is 85.5 Å². The molecule has 6 nitrogen and oxygen atoms in total. The van der Waals surface area contributed by atoms with Crippen LogP contribution in [-0.4, -0.2) is 29.6 Å². The number of nitrogens with zero attached hydrogens (tertiary/aromatic N) is 5. The van der Waals surface area contributed by atoms with Gasteiger partial charge < -0.3 is 13.7 Å². The van der Waals surface area contributed by atoms with Gasteiger partial charge in [0.05, 0.1) is 36.9 Å². The van der Waals surface area contributed by atoms with Crippen molar-refractivity contribution in [2.24, 2.45) is 0 Å². The van der Waals surface area contributed by atoms with Crippen LogP contribution in [0.3, 0.4) is 0 Å². The van der Waals surface area contributed by atoms with E-state index in [1.165, 1.54) is 12.1 Å². The first kappa shape index (κ1) is 18.1. The molecule has 0 aliphatic heterocycles. The normalized spacial score (nSPS) is 11.2. The summed E-state index contributed by atoms with van der Waals surface area (Å²) in [5, 5.41) is 0. The van der Waals surface area contributed by atoms with Crippen molar-refractivity contribution < 1.29 is 9.18 Å². The van der Waals surface area contributed by atoms with Crippen LogP contribution < -0.4 is 0 Å². The Morgan fingerprint density at radius 2 is 1.43 bits per heavy atom. The third-order valence-electron chi connectivity index (χ3n) is 5.05. The Labute approximate surface area is 171 Å². The smallest absolute Gasteiger partial charge is 0.254 e. The highest BCUT2D eigenvalue weighted by molar-refractivity contribution is 5.94. The molecule has 0 bridgehead atoms. The van der Waals surface area contributed by atoms with Gasteiger partial charge in [-0.15, -0.1) is 0 Å². The standard InChI is InChI=1S/C23H18FN5O/c24-18-7-5-6-17(12-18)23(30)27(15-19-13-25-21-8-1-3-10-28(19)21)16-20-14-26-22-9-2-4-11-29(20)22/h1-14H,15-16H2. The van der Waals surface area contributed by atoms with E-state index in [9.17, 15) is 9.18 Å². The molecule has 0 saturated carbocycles. The molecule has 1 amide bonds. The molecule has 1 aromatic carbocycles. The van der Waals surface area contributed by atoms with Crippen molar-refractivity contribution >= 4 is 17.2 Å². The molecule has 0 aliphatic carbocycles. The molecule has 0 aliphatic rings. The molecular weight excluding hydrogens is 381 g/mol. The largest absolute Gasteiger partial charge is 0.327 e.